The zero-order chi connectivity index (χ0) is 17.0. The molecule has 0 aromatic heterocycles. The Hall–Kier alpha value is -2.40. The predicted molar refractivity (Wildman–Crippen MR) is 90.2 cm³/mol. The average Bonchev–Trinajstić information content (AvgIpc) is 2.56. The predicted octanol–water partition coefficient (Wildman–Crippen LogP) is 3.93. The van der Waals surface area contributed by atoms with Crippen molar-refractivity contribution in [1.82, 2.24) is 0 Å². The van der Waals surface area contributed by atoms with Gasteiger partial charge in [0, 0.05) is 10.7 Å². The molecule has 0 atom stereocenters. The standard InChI is InChI=1S/C17H18ClNO4/c1-10-5-6-11(18)9-13(10)19-17(20)12-7-8-14(21-2)16(23-4)15(12)22-3/h5-9H,1-4H3,(H,19,20). The molecule has 0 bridgehead atoms. The lowest BCUT2D eigenvalue weighted by Gasteiger charge is -2.16. The first-order valence-corrected chi connectivity index (χ1v) is 7.26. The number of ether oxygens (including phenoxy) is 3. The summed E-state index contributed by atoms with van der Waals surface area (Å²) in [6.07, 6.45) is 0. The van der Waals surface area contributed by atoms with E-state index in [1.807, 2.05) is 13.0 Å². The summed E-state index contributed by atoms with van der Waals surface area (Å²) in [6, 6.07) is 8.58. The Balaban J connectivity index is 2.41. The molecule has 0 saturated carbocycles. The molecular formula is C17H18ClNO4. The van der Waals surface area contributed by atoms with Gasteiger partial charge in [-0.2, -0.15) is 0 Å². The Bertz CT molecular complexity index is 731. The number of amides is 1. The largest absolute Gasteiger partial charge is 0.493 e. The van der Waals surface area contributed by atoms with Gasteiger partial charge in [0.25, 0.3) is 5.91 Å². The van der Waals surface area contributed by atoms with Crippen LogP contribution in [0.2, 0.25) is 5.02 Å². The van der Waals surface area contributed by atoms with Gasteiger partial charge in [0.2, 0.25) is 5.75 Å². The molecule has 2 aromatic carbocycles. The van der Waals surface area contributed by atoms with Gasteiger partial charge >= 0.3 is 0 Å². The fraction of sp³-hybridized carbons (Fsp3) is 0.235. The SMILES string of the molecule is COc1ccc(C(=O)Nc2cc(Cl)ccc2C)c(OC)c1OC. The highest BCUT2D eigenvalue weighted by atomic mass is 35.5. The number of halogens is 1. The summed E-state index contributed by atoms with van der Waals surface area (Å²) in [5.41, 5.74) is 1.88. The van der Waals surface area contributed by atoms with E-state index in [1.165, 1.54) is 21.3 Å². The first-order chi connectivity index (χ1) is 11.0. The van der Waals surface area contributed by atoms with Crippen molar-refractivity contribution in [3.05, 3.63) is 46.5 Å². The van der Waals surface area contributed by atoms with Crippen LogP contribution in [0.4, 0.5) is 5.69 Å². The van der Waals surface area contributed by atoms with Crippen LogP contribution in [0.15, 0.2) is 30.3 Å². The van der Waals surface area contributed by atoms with E-state index in [-0.39, 0.29) is 5.91 Å². The first kappa shape index (κ1) is 17.0. The van der Waals surface area contributed by atoms with Gasteiger partial charge in [-0.25, -0.2) is 0 Å². The maximum atomic E-state index is 12.6. The lowest BCUT2D eigenvalue weighted by atomic mass is 10.1. The highest BCUT2D eigenvalue weighted by Crippen LogP contribution is 2.40. The van der Waals surface area contributed by atoms with Gasteiger partial charge in [0.15, 0.2) is 11.5 Å². The van der Waals surface area contributed by atoms with Gasteiger partial charge in [0.05, 0.1) is 26.9 Å². The van der Waals surface area contributed by atoms with Crippen molar-refractivity contribution in [1.29, 1.82) is 0 Å². The molecule has 0 aliphatic heterocycles. The van der Waals surface area contributed by atoms with Gasteiger partial charge in [-0.05, 0) is 36.8 Å². The van der Waals surface area contributed by atoms with Crippen molar-refractivity contribution in [2.45, 2.75) is 6.92 Å². The molecular weight excluding hydrogens is 318 g/mol. The molecule has 0 unspecified atom stereocenters. The van der Waals surface area contributed by atoms with E-state index in [0.717, 1.165) is 5.56 Å². The minimum absolute atomic E-state index is 0.309. The molecule has 5 nitrogen and oxygen atoms in total. The Kier molecular flexibility index (Phi) is 5.34. The molecule has 0 radical (unpaired) electrons. The second-order valence-electron chi connectivity index (χ2n) is 4.80. The lowest BCUT2D eigenvalue weighted by molar-refractivity contribution is 0.102. The molecule has 2 rings (SSSR count). The van der Waals surface area contributed by atoms with Crippen molar-refractivity contribution in [3.63, 3.8) is 0 Å². The summed E-state index contributed by atoms with van der Waals surface area (Å²) in [5, 5.41) is 3.38. The van der Waals surface area contributed by atoms with Crippen molar-refractivity contribution in [2.75, 3.05) is 26.6 Å². The van der Waals surface area contributed by atoms with Gasteiger partial charge in [0.1, 0.15) is 0 Å². The molecule has 0 aliphatic carbocycles. The fourth-order valence-corrected chi connectivity index (χ4v) is 2.37. The molecule has 0 aliphatic rings. The normalized spacial score (nSPS) is 10.1. The molecule has 1 amide bonds. The average molecular weight is 336 g/mol. The van der Waals surface area contributed by atoms with Crippen LogP contribution in [-0.4, -0.2) is 27.2 Å². The maximum absolute atomic E-state index is 12.6. The number of nitrogens with one attached hydrogen (secondary N) is 1. The highest BCUT2D eigenvalue weighted by Gasteiger charge is 2.21. The summed E-state index contributed by atoms with van der Waals surface area (Å²) in [4.78, 5) is 12.6. The Morgan fingerprint density at radius 2 is 1.70 bits per heavy atom. The van der Waals surface area contributed by atoms with Crippen LogP contribution in [0.5, 0.6) is 17.2 Å². The van der Waals surface area contributed by atoms with Gasteiger partial charge < -0.3 is 19.5 Å². The number of anilines is 1. The van der Waals surface area contributed by atoms with E-state index in [1.54, 1.807) is 24.3 Å². The summed E-state index contributed by atoms with van der Waals surface area (Å²) >= 11 is 5.98. The third-order valence-electron chi connectivity index (χ3n) is 3.40. The number of hydrogen-bond acceptors (Lipinski definition) is 4. The van der Waals surface area contributed by atoms with Crippen LogP contribution in [0.25, 0.3) is 0 Å². The molecule has 122 valence electrons. The van der Waals surface area contributed by atoms with Crippen LogP contribution < -0.4 is 19.5 Å². The minimum Gasteiger partial charge on any atom is -0.493 e. The maximum Gasteiger partial charge on any atom is 0.259 e. The molecule has 1 N–H and O–H groups in total. The van der Waals surface area contributed by atoms with Crippen LogP contribution in [-0.2, 0) is 0 Å². The van der Waals surface area contributed by atoms with Gasteiger partial charge in [-0.15, -0.1) is 0 Å². The summed E-state index contributed by atoms with van der Waals surface area (Å²) in [6.45, 7) is 1.89. The topological polar surface area (TPSA) is 56.8 Å². The number of carbonyl (C=O) groups is 1. The van der Waals surface area contributed by atoms with Crippen LogP contribution in [0, 0.1) is 6.92 Å². The van der Waals surface area contributed by atoms with Crippen molar-refractivity contribution in [2.24, 2.45) is 0 Å². The molecule has 6 heteroatoms. The van der Waals surface area contributed by atoms with Crippen LogP contribution in [0.3, 0.4) is 0 Å². The summed E-state index contributed by atoms with van der Waals surface area (Å²) in [5.74, 6) is 0.836. The number of carbonyl (C=O) groups excluding carboxylic acids is 1. The van der Waals surface area contributed by atoms with Crippen LogP contribution >= 0.6 is 11.6 Å². The lowest BCUT2D eigenvalue weighted by Crippen LogP contribution is -2.14. The van der Waals surface area contributed by atoms with E-state index in [9.17, 15) is 4.79 Å². The van der Waals surface area contributed by atoms with E-state index in [2.05, 4.69) is 5.32 Å². The monoisotopic (exact) mass is 335 g/mol. The van der Waals surface area contributed by atoms with E-state index < -0.39 is 0 Å². The summed E-state index contributed by atoms with van der Waals surface area (Å²) in [7, 11) is 4.48. The smallest absolute Gasteiger partial charge is 0.259 e. The van der Waals surface area contributed by atoms with Crippen molar-refractivity contribution >= 4 is 23.2 Å². The Morgan fingerprint density at radius 3 is 2.30 bits per heavy atom. The molecule has 2 aromatic rings. The van der Waals surface area contributed by atoms with Crippen molar-refractivity contribution in [3.8, 4) is 17.2 Å². The van der Waals surface area contributed by atoms with Crippen molar-refractivity contribution < 1.29 is 19.0 Å². The molecule has 0 fully saturated rings. The zero-order valence-electron chi connectivity index (χ0n) is 13.4. The number of benzene rings is 2. The van der Waals surface area contributed by atoms with E-state index in [4.69, 9.17) is 25.8 Å². The second-order valence-corrected chi connectivity index (χ2v) is 5.23. The Labute approximate surface area is 140 Å². The third-order valence-corrected chi connectivity index (χ3v) is 3.63. The molecule has 0 spiro atoms. The van der Waals surface area contributed by atoms with Gasteiger partial charge in [-0.1, -0.05) is 17.7 Å². The zero-order valence-corrected chi connectivity index (χ0v) is 14.2. The molecule has 23 heavy (non-hydrogen) atoms. The minimum atomic E-state index is -0.326. The number of methoxy groups -OCH3 is 3. The Morgan fingerprint density at radius 1 is 1.00 bits per heavy atom. The van der Waals surface area contributed by atoms with Gasteiger partial charge in [-0.3, -0.25) is 4.79 Å². The molecule has 0 heterocycles. The quantitative estimate of drug-likeness (QED) is 0.899. The van der Waals surface area contributed by atoms with E-state index >= 15 is 0 Å². The highest BCUT2D eigenvalue weighted by molar-refractivity contribution is 6.31. The van der Waals surface area contributed by atoms with Crippen LogP contribution in [0.1, 0.15) is 15.9 Å². The number of rotatable bonds is 5. The second kappa shape index (κ2) is 7.24. The summed E-state index contributed by atoms with van der Waals surface area (Å²) < 4.78 is 15.8. The third kappa shape index (κ3) is 3.51. The number of hydrogen-bond donors (Lipinski definition) is 1. The first-order valence-electron chi connectivity index (χ1n) is 6.88. The molecule has 0 saturated heterocycles. The van der Waals surface area contributed by atoms with E-state index in [0.29, 0.717) is 33.5 Å². The fourth-order valence-electron chi connectivity index (χ4n) is 2.20. The number of aryl methyl sites for hydroxylation is 1.